The number of imide groups is 1. The number of hydrogen-bond donors (Lipinski definition) is 11. The Balaban J connectivity index is 0.000000192. The summed E-state index contributed by atoms with van der Waals surface area (Å²) in [5, 5.41) is 48.5. The zero-order valence-electron chi connectivity index (χ0n) is 65.7. The summed E-state index contributed by atoms with van der Waals surface area (Å²) in [6, 6.07) is 36.9. The molecule has 0 aromatic heterocycles. The van der Waals surface area contributed by atoms with E-state index in [4.69, 9.17) is 14.2 Å². The molecule has 3 saturated heterocycles. The molecule has 0 aliphatic carbocycles. The molecule has 6 aromatic rings. The third-order valence-electron chi connectivity index (χ3n) is 19.5. The van der Waals surface area contributed by atoms with E-state index in [2.05, 4.69) is 62.3 Å². The smallest absolute Gasteiger partial charge is 0.412 e. The molecule has 3 fully saturated rings. The Bertz CT molecular complexity index is 5030. The number of ether oxygens (including phenoxy) is 3. The molecule has 6 heterocycles. The van der Waals surface area contributed by atoms with E-state index < -0.39 is 96.6 Å². The molecule has 0 bridgehead atoms. The van der Waals surface area contributed by atoms with Gasteiger partial charge in [-0.05, 0) is 91.6 Å². The van der Waals surface area contributed by atoms with Crippen molar-refractivity contribution in [1.82, 2.24) is 46.2 Å². The maximum Gasteiger partial charge on any atom is 0.412 e. The Hall–Kier alpha value is -12.9. The summed E-state index contributed by atoms with van der Waals surface area (Å²) >= 11 is 0. The number of carboxylic acids is 3. The lowest BCUT2D eigenvalue weighted by Crippen LogP contribution is -2.51. The summed E-state index contributed by atoms with van der Waals surface area (Å²) in [5.41, 5.74) is 7.06. The lowest BCUT2D eigenvalue weighted by molar-refractivity contribution is -0.144. The fourth-order valence-electron chi connectivity index (χ4n) is 13.6. The molecule has 5 atom stereocenters. The molecule has 122 heavy (non-hydrogen) atoms. The Labute approximate surface area is 715 Å². The molecule has 6 aromatic carbocycles. The third kappa shape index (κ3) is 25.6. The van der Waals surface area contributed by atoms with Crippen molar-refractivity contribution in [3.8, 4) is 0 Å². The van der Waals surface area contributed by atoms with Crippen LogP contribution in [0.4, 0.5) is 31.4 Å². The number of carbonyl (C=O) groups excluding carboxylic acids is 13. The highest BCUT2D eigenvalue weighted by Crippen LogP contribution is 2.37. The quantitative estimate of drug-likeness (QED) is 0.00777. The number of nitrogens with zero attached hydrogens (tertiary/aromatic N) is 4. The van der Waals surface area contributed by atoms with Gasteiger partial charge >= 0.3 is 36.2 Å². The molecule has 640 valence electrons. The van der Waals surface area contributed by atoms with Gasteiger partial charge in [0.2, 0.25) is 29.5 Å². The van der Waals surface area contributed by atoms with Gasteiger partial charge in [-0.3, -0.25) is 73.6 Å². The molecule has 34 nitrogen and oxygen atoms in total. The molecule has 11 N–H and O–H groups in total. The van der Waals surface area contributed by atoms with Crippen molar-refractivity contribution in [2.45, 2.75) is 114 Å². The van der Waals surface area contributed by atoms with E-state index in [1.54, 1.807) is 66.7 Å². The lowest BCUT2D eigenvalue weighted by Gasteiger charge is -2.31. The number of aliphatic carboxylic acids is 3. The minimum atomic E-state index is -1.25. The van der Waals surface area contributed by atoms with Crippen LogP contribution in [0.3, 0.4) is 0 Å². The Kier molecular flexibility index (Phi) is 33.2. The maximum absolute atomic E-state index is 13.1. The van der Waals surface area contributed by atoms with Gasteiger partial charge in [0.25, 0.3) is 29.5 Å². The normalized spacial score (nSPS) is 16.7. The van der Waals surface area contributed by atoms with Gasteiger partial charge in [0.05, 0.1) is 16.8 Å². The van der Waals surface area contributed by atoms with Gasteiger partial charge in [-0.25, -0.2) is 24.0 Å². The van der Waals surface area contributed by atoms with E-state index in [1.807, 2.05) is 60.7 Å². The minimum absolute atomic E-state index is 0.00737. The molecular weight excluding hydrogens is 1660 g/mol. The fourth-order valence-corrected chi connectivity index (χ4v) is 17.3. The molecule has 6 aliphatic heterocycles. The highest BCUT2D eigenvalue weighted by Gasteiger charge is 2.46. The number of amides is 13. The number of anilines is 3. The van der Waals surface area contributed by atoms with Gasteiger partial charge in [-0.2, -0.15) is 0 Å². The third-order valence-corrected chi connectivity index (χ3v) is 24.3. The molecule has 0 spiro atoms. The van der Waals surface area contributed by atoms with E-state index in [0.29, 0.717) is 111 Å². The monoisotopic (exact) mass is 1740 g/mol. The summed E-state index contributed by atoms with van der Waals surface area (Å²) in [7, 11) is 5.73. The molecule has 12 rings (SSSR count). The van der Waals surface area contributed by atoms with E-state index in [1.165, 1.54) is 76.1 Å². The Morgan fingerprint density at radius 2 is 0.852 bits per heavy atom. The summed E-state index contributed by atoms with van der Waals surface area (Å²) in [6.07, 6.45) is 0.950. The Morgan fingerprint density at radius 3 is 1.30 bits per heavy atom. The van der Waals surface area contributed by atoms with Crippen molar-refractivity contribution in [1.29, 1.82) is 0 Å². The average molecular weight is 1750 g/mol. The van der Waals surface area contributed by atoms with Crippen molar-refractivity contribution in [3.05, 3.63) is 232 Å². The lowest BCUT2D eigenvalue weighted by atomic mass is 10.0. The van der Waals surface area contributed by atoms with Crippen molar-refractivity contribution >= 4 is 155 Å². The van der Waals surface area contributed by atoms with E-state index in [-0.39, 0.29) is 124 Å². The largest absolute Gasteiger partial charge is 0.480 e. The topological polar surface area (TPSA) is 471 Å². The minimum Gasteiger partial charge on any atom is -0.480 e. The van der Waals surface area contributed by atoms with Gasteiger partial charge < -0.3 is 70.8 Å². The number of hydrogen-bond acceptors (Lipinski definition) is 23. The highest BCUT2D eigenvalue weighted by molar-refractivity contribution is 8.77. The first-order valence-electron chi connectivity index (χ1n) is 38.4. The van der Waals surface area contributed by atoms with Crippen LogP contribution in [0.25, 0.3) is 0 Å². The zero-order valence-corrected chi connectivity index (χ0v) is 69.0. The SMILES string of the molecule is C=C1CCC(N2C(=O)c3cccc(NC(=O)OCC(=O)N[C@@H](Cc4ccccc4)C(=O)O)c3C2=O)C(=O)N1.C=C1CCC(N2Cc3c(NC(=O)OCCSSCCC(=O)N(CC(=O)O)Cc4ccccc4)cccc3C2=O)C(=O)N1.C=C1CCC(N2Cc3c(NC(=O)OCCSSCCC(=O)N[C@@H](Cc4ccccc4)C(=O)O)cccc3C2=O)C(=O)N1. The highest BCUT2D eigenvalue weighted by atomic mass is 33.1. The fraction of sp³-hybridized carbons (Fsp3) is 0.310. The standard InChI is InChI=1S/2C29H32N4O7S2.C26H24N4O8/c1-19-10-11-24(27(37)30-19)33-17-22-21(28(33)38)8-5-9-23(22)31-29(39)40-13-15-42-41-14-12-25(34)32(18-26(35)36)16-20-6-3-2-4-7-20;1-18-10-11-24(26(35)30-18)33-17-21-20(27(33)36)8-5-9-22(21)32-29(39)40-13-15-42-41-14-12-25(34)31-23(28(37)38)16-19-6-3-2-4-7-19;1-14-10-11-19(22(32)27-14)30-23(33)16-8-5-9-17(21(16)24(30)34)29-26(37)38-13-20(31)28-18(25(35)36)12-15-6-3-2-4-7-15/h2-9,24H,1,10-18H2,(H,30,37)(H,31,39)(H,35,36);2-9,23-24H,1,10-17H2,(H,30,35)(H,31,34)(H,32,39)(H,37,38);2-9,18-19H,1,10-13H2,(H,27,32)(H,28,31)(H,29,37)(H,35,36)/t;23-,24?;18-,19?/m.00/s1. The Morgan fingerprint density at radius 1 is 0.451 bits per heavy atom. The van der Waals surface area contributed by atoms with Crippen LogP contribution < -0.4 is 42.5 Å². The maximum atomic E-state index is 13.1. The second-order valence-electron chi connectivity index (χ2n) is 28.1. The van der Waals surface area contributed by atoms with Crippen LogP contribution in [0.15, 0.2) is 182 Å². The summed E-state index contributed by atoms with van der Waals surface area (Å²) in [6.45, 7) is 11.0. The number of nitrogens with one attached hydrogen (secondary N) is 8. The van der Waals surface area contributed by atoms with Crippen LogP contribution in [0.1, 0.15) is 121 Å². The van der Waals surface area contributed by atoms with Crippen LogP contribution in [0.5, 0.6) is 0 Å². The van der Waals surface area contributed by atoms with Crippen LogP contribution in [0.2, 0.25) is 0 Å². The van der Waals surface area contributed by atoms with Gasteiger partial charge in [-0.15, -0.1) is 0 Å². The van der Waals surface area contributed by atoms with Gasteiger partial charge in [-0.1, -0.05) is 172 Å². The number of benzene rings is 6. The first-order chi connectivity index (χ1) is 58.6. The second-order valence-corrected chi connectivity index (χ2v) is 33.5. The number of rotatable bonds is 34. The molecule has 0 radical (unpaired) electrons. The molecular formula is C84H88N12O22S4. The number of fused-ring (bicyclic) bond motifs is 3. The van der Waals surface area contributed by atoms with E-state index >= 15 is 0 Å². The first kappa shape index (κ1) is 91.4. The molecule has 0 saturated carbocycles. The number of carboxylic acid groups (broad SMARTS) is 3. The predicted octanol–water partition coefficient (Wildman–Crippen LogP) is 8.87. The van der Waals surface area contributed by atoms with Gasteiger partial charge in [0, 0.05) is 119 Å². The number of piperidine rings is 3. The average Bonchev–Trinajstić information content (AvgIpc) is 1.61. The van der Waals surface area contributed by atoms with Crippen molar-refractivity contribution in [2.24, 2.45) is 0 Å². The summed E-state index contributed by atoms with van der Waals surface area (Å²) in [5.74, 6) is -5.91. The van der Waals surface area contributed by atoms with Crippen molar-refractivity contribution in [2.75, 3.05) is 65.3 Å². The van der Waals surface area contributed by atoms with Crippen LogP contribution in [-0.4, -0.2) is 210 Å². The zero-order chi connectivity index (χ0) is 87.5. The number of carbonyl (C=O) groups is 16. The van der Waals surface area contributed by atoms with Crippen molar-refractivity contribution < 1.29 is 106 Å². The van der Waals surface area contributed by atoms with Gasteiger partial charge in [0.1, 0.15) is 50.0 Å². The van der Waals surface area contributed by atoms with Crippen LogP contribution in [0, 0.1) is 0 Å². The molecule has 38 heteroatoms. The molecule has 6 aliphatic rings. The summed E-state index contributed by atoms with van der Waals surface area (Å²) in [4.78, 5) is 203. The van der Waals surface area contributed by atoms with Crippen molar-refractivity contribution in [3.63, 3.8) is 0 Å². The van der Waals surface area contributed by atoms with E-state index in [0.717, 1.165) is 16.0 Å². The van der Waals surface area contributed by atoms with Crippen LogP contribution in [-0.2, 0) is 89.8 Å². The van der Waals surface area contributed by atoms with E-state index in [9.17, 15) is 92.0 Å². The summed E-state index contributed by atoms with van der Waals surface area (Å²) < 4.78 is 15.4. The van der Waals surface area contributed by atoms with Crippen LogP contribution >= 0.6 is 43.2 Å². The second kappa shape index (κ2) is 44.4. The predicted molar refractivity (Wildman–Crippen MR) is 453 cm³/mol. The first-order valence-corrected chi connectivity index (χ1v) is 43.4. The number of allylic oxidation sites excluding steroid dienone is 3. The molecule has 3 unspecified atom stereocenters. The molecule has 13 amide bonds. The van der Waals surface area contributed by atoms with Gasteiger partial charge in [0.15, 0.2) is 6.61 Å².